The van der Waals surface area contributed by atoms with E-state index in [-0.39, 0.29) is 11.0 Å². The number of hydrogen-bond acceptors (Lipinski definition) is 2. The van der Waals surface area contributed by atoms with Crippen molar-refractivity contribution in [2.75, 3.05) is 0 Å². The maximum atomic E-state index is 8.88. The Morgan fingerprint density at radius 3 is 2.00 bits per heavy atom. The average molecular weight is 156 g/mol. The second-order valence-corrected chi connectivity index (χ2v) is 4.58. The maximum Gasteiger partial charge on any atom is 0.109 e. The van der Waals surface area contributed by atoms with Crippen molar-refractivity contribution in [1.29, 1.82) is 0 Å². The monoisotopic (exact) mass is 156 g/mol. The fraction of sp³-hybridized carbons (Fsp3) is 1.00. The van der Waals surface area contributed by atoms with Crippen LogP contribution in [0.3, 0.4) is 0 Å². The fourth-order valence-electron chi connectivity index (χ4n) is 3.03. The molecule has 0 spiro atoms. The zero-order valence-corrected chi connectivity index (χ0v) is 7.26. The standard InChI is InChI=1S/C9H16O2/c1-8(2)7-3-5-9(8,11-10)6-4-7/h7,10H,3-6H2,1-2H3. The Kier molecular flexibility index (Phi) is 1.37. The van der Waals surface area contributed by atoms with Crippen LogP contribution in [0.1, 0.15) is 39.5 Å². The molecule has 1 N–H and O–H groups in total. The van der Waals surface area contributed by atoms with Crippen LogP contribution in [0.4, 0.5) is 0 Å². The van der Waals surface area contributed by atoms with Crippen molar-refractivity contribution in [2.24, 2.45) is 11.3 Å². The van der Waals surface area contributed by atoms with Crippen molar-refractivity contribution in [2.45, 2.75) is 45.1 Å². The summed E-state index contributed by atoms with van der Waals surface area (Å²) in [5.41, 5.74) is -0.000579. The fourth-order valence-corrected chi connectivity index (χ4v) is 3.03. The molecule has 2 bridgehead atoms. The summed E-state index contributed by atoms with van der Waals surface area (Å²) in [5, 5.41) is 8.88. The Morgan fingerprint density at radius 1 is 1.27 bits per heavy atom. The van der Waals surface area contributed by atoms with Crippen LogP contribution in [0.5, 0.6) is 0 Å². The molecule has 2 rings (SSSR count). The summed E-state index contributed by atoms with van der Waals surface area (Å²) in [6, 6.07) is 0. The summed E-state index contributed by atoms with van der Waals surface area (Å²) in [6.45, 7) is 4.43. The quantitative estimate of drug-likeness (QED) is 0.466. The Bertz CT molecular complexity index is 166. The van der Waals surface area contributed by atoms with Crippen LogP contribution in [-0.2, 0) is 4.89 Å². The van der Waals surface area contributed by atoms with Crippen molar-refractivity contribution in [3.8, 4) is 0 Å². The van der Waals surface area contributed by atoms with Crippen molar-refractivity contribution in [3.05, 3.63) is 0 Å². The van der Waals surface area contributed by atoms with Gasteiger partial charge in [0.15, 0.2) is 0 Å². The van der Waals surface area contributed by atoms with Crippen LogP contribution in [-0.4, -0.2) is 10.9 Å². The van der Waals surface area contributed by atoms with Gasteiger partial charge in [-0.3, -0.25) is 5.26 Å². The van der Waals surface area contributed by atoms with E-state index in [1.54, 1.807) is 0 Å². The van der Waals surface area contributed by atoms with Gasteiger partial charge in [-0.05, 0) is 37.0 Å². The smallest absolute Gasteiger partial charge is 0.109 e. The molecule has 2 aliphatic rings. The highest BCUT2D eigenvalue weighted by atomic mass is 17.1. The van der Waals surface area contributed by atoms with Gasteiger partial charge >= 0.3 is 0 Å². The predicted octanol–water partition coefficient (Wildman–Crippen LogP) is 2.44. The van der Waals surface area contributed by atoms with Gasteiger partial charge in [-0.2, -0.15) is 0 Å². The molecule has 0 aliphatic heterocycles. The summed E-state index contributed by atoms with van der Waals surface area (Å²) < 4.78 is 0. The predicted molar refractivity (Wildman–Crippen MR) is 42.2 cm³/mol. The lowest BCUT2D eigenvalue weighted by atomic mass is 9.79. The molecule has 0 aromatic heterocycles. The van der Waals surface area contributed by atoms with E-state index in [1.165, 1.54) is 12.8 Å². The molecular weight excluding hydrogens is 140 g/mol. The summed E-state index contributed by atoms with van der Waals surface area (Å²) >= 11 is 0. The Balaban J connectivity index is 2.34. The Hall–Kier alpha value is -0.0800. The number of rotatable bonds is 1. The highest BCUT2D eigenvalue weighted by molar-refractivity contribution is 5.09. The van der Waals surface area contributed by atoms with Gasteiger partial charge in [0, 0.05) is 0 Å². The van der Waals surface area contributed by atoms with Crippen molar-refractivity contribution < 1.29 is 10.1 Å². The topological polar surface area (TPSA) is 29.5 Å². The molecule has 0 saturated heterocycles. The summed E-state index contributed by atoms with van der Waals surface area (Å²) in [5.74, 6) is 0.773. The van der Waals surface area contributed by atoms with Crippen LogP contribution in [0.25, 0.3) is 0 Å². The molecule has 0 atom stereocenters. The van der Waals surface area contributed by atoms with E-state index < -0.39 is 0 Å². The van der Waals surface area contributed by atoms with E-state index in [2.05, 4.69) is 13.8 Å². The average Bonchev–Trinajstić information content (AvgIpc) is 2.39. The third-order valence-electron chi connectivity index (χ3n) is 4.16. The first-order valence-corrected chi connectivity index (χ1v) is 4.45. The van der Waals surface area contributed by atoms with Gasteiger partial charge in [-0.25, -0.2) is 4.89 Å². The molecule has 2 nitrogen and oxygen atoms in total. The molecule has 2 saturated carbocycles. The van der Waals surface area contributed by atoms with Crippen LogP contribution < -0.4 is 0 Å². The molecule has 2 fully saturated rings. The minimum absolute atomic E-state index is 0.196. The third-order valence-corrected chi connectivity index (χ3v) is 4.16. The van der Waals surface area contributed by atoms with Crippen LogP contribution in [0.2, 0.25) is 0 Å². The molecule has 0 heterocycles. The minimum Gasteiger partial charge on any atom is -0.251 e. The molecular formula is C9H16O2. The van der Waals surface area contributed by atoms with E-state index in [9.17, 15) is 0 Å². The van der Waals surface area contributed by atoms with Crippen LogP contribution in [0.15, 0.2) is 0 Å². The van der Waals surface area contributed by atoms with E-state index in [0.717, 1.165) is 18.8 Å². The van der Waals surface area contributed by atoms with E-state index >= 15 is 0 Å². The minimum atomic E-state index is -0.197. The first-order chi connectivity index (χ1) is 5.12. The van der Waals surface area contributed by atoms with Crippen molar-refractivity contribution in [3.63, 3.8) is 0 Å². The lowest BCUT2D eigenvalue weighted by Gasteiger charge is -2.34. The molecule has 0 unspecified atom stereocenters. The van der Waals surface area contributed by atoms with Crippen molar-refractivity contribution in [1.82, 2.24) is 0 Å². The Morgan fingerprint density at radius 2 is 1.82 bits per heavy atom. The Labute approximate surface area is 67.5 Å². The highest BCUT2D eigenvalue weighted by Crippen LogP contribution is 2.61. The van der Waals surface area contributed by atoms with E-state index in [1.807, 2.05) is 0 Å². The van der Waals surface area contributed by atoms with Crippen molar-refractivity contribution >= 4 is 0 Å². The number of fused-ring (bicyclic) bond motifs is 2. The summed E-state index contributed by atoms with van der Waals surface area (Å²) in [4.78, 5) is 4.70. The molecule has 2 aliphatic carbocycles. The molecule has 0 aromatic rings. The summed E-state index contributed by atoms with van der Waals surface area (Å²) in [7, 11) is 0. The lowest BCUT2D eigenvalue weighted by molar-refractivity contribution is -0.341. The second kappa shape index (κ2) is 1.99. The van der Waals surface area contributed by atoms with Crippen LogP contribution >= 0.6 is 0 Å². The molecule has 11 heavy (non-hydrogen) atoms. The second-order valence-electron chi connectivity index (χ2n) is 4.58. The zero-order valence-electron chi connectivity index (χ0n) is 7.26. The van der Waals surface area contributed by atoms with Gasteiger partial charge in [-0.1, -0.05) is 13.8 Å². The SMILES string of the molecule is CC1(C)C2CCC1(OO)CC2. The molecule has 2 heteroatoms. The molecule has 0 amide bonds. The van der Waals surface area contributed by atoms with E-state index in [4.69, 9.17) is 10.1 Å². The van der Waals surface area contributed by atoms with Gasteiger partial charge in [0.05, 0.1) is 0 Å². The third kappa shape index (κ3) is 0.695. The molecule has 0 radical (unpaired) electrons. The lowest BCUT2D eigenvalue weighted by Crippen LogP contribution is -2.39. The van der Waals surface area contributed by atoms with E-state index in [0.29, 0.717) is 0 Å². The van der Waals surface area contributed by atoms with Gasteiger partial charge in [0.25, 0.3) is 0 Å². The molecule has 64 valence electrons. The largest absolute Gasteiger partial charge is 0.251 e. The summed E-state index contributed by atoms with van der Waals surface area (Å²) in [6.07, 6.45) is 4.55. The van der Waals surface area contributed by atoms with Gasteiger partial charge in [0.1, 0.15) is 5.60 Å². The zero-order chi connectivity index (χ0) is 8.11. The van der Waals surface area contributed by atoms with Crippen LogP contribution in [0, 0.1) is 11.3 Å². The first kappa shape index (κ1) is 7.56. The molecule has 0 aromatic carbocycles. The van der Waals surface area contributed by atoms with Gasteiger partial charge in [-0.15, -0.1) is 0 Å². The first-order valence-electron chi connectivity index (χ1n) is 4.45. The normalized spacial score (nSPS) is 46.6. The maximum absolute atomic E-state index is 8.88. The number of hydrogen-bond donors (Lipinski definition) is 1. The van der Waals surface area contributed by atoms with Gasteiger partial charge < -0.3 is 0 Å². The van der Waals surface area contributed by atoms with Gasteiger partial charge in [0.2, 0.25) is 0 Å². The highest BCUT2D eigenvalue weighted by Gasteiger charge is 2.60.